The lowest BCUT2D eigenvalue weighted by atomic mass is 10.2. The molecular formula is C12H11N3O3. The first-order chi connectivity index (χ1) is 8.65. The van der Waals surface area contributed by atoms with Gasteiger partial charge in [0.15, 0.2) is 0 Å². The van der Waals surface area contributed by atoms with E-state index in [4.69, 9.17) is 10.00 Å². The van der Waals surface area contributed by atoms with Crippen molar-refractivity contribution in [3.8, 4) is 11.8 Å². The molecule has 18 heavy (non-hydrogen) atoms. The van der Waals surface area contributed by atoms with Crippen LogP contribution in [0.1, 0.15) is 10.4 Å². The van der Waals surface area contributed by atoms with E-state index in [0.29, 0.717) is 17.9 Å². The zero-order valence-corrected chi connectivity index (χ0v) is 9.71. The molecule has 0 spiro atoms. The first-order valence-corrected chi connectivity index (χ1v) is 5.31. The van der Waals surface area contributed by atoms with Gasteiger partial charge in [-0.3, -0.25) is 10.1 Å². The molecule has 0 radical (unpaired) electrons. The first kappa shape index (κ1) is 11.9. The molecule has 1 saturated heterocycles. The highest BCUT2D eigenvalue weighted by molar-refractivity contribution is 6.04. The van der Waals surface area contributed by atoms with Crippen molar-refractivity contribution in [2.45, 2.75) is 6.04 Å². The molecule has 1 aliphatic heterocycles. The summed E-state index contributed by atoms with van der Waals surface area (Å²) in [6.45, 7) is 0.373. The van der Waals surface area contributed by atoms with Gasteiger partial charge in [-0.25, -0.2) is 4.79 Å². The Labute approximate surface area is 104 Å². The molecule has 0 aromatic heterocycles. The van der Waals surface area contributed by atoms with Crippen LogP contribution < -0.4 is 10.1 Å². The number of imide groups is 1. The third kappa shape index (κ3) is 2.40. The molecule has 1 heterocycles. The Kier molecular flexibility index (Phi) is 3.15. The molecule has 92 valence electrons. The highest BCUT2D eigenvalue weighted by Gasteiger charge is 2.39. The SMILES string of the molecule is COc1ccc(C(=O)NC(=O)N2CC2C#N)cc1. The van der Waals surface area contributed by atoms with Gasteiger partial charge in [0.25, 0.3) is 5.91 Å². The highest BCUT2D eigenvalue weighted by Crippen LogP contribution is 2.16. The third-order valence-corrected chi connectivity index (χ3v) is 2.59. The Hall–Kier alpha value is -2.55. The number of benzene rings is 1. The summed E-state index contributed by atoms with van der Waals surface area (Å²) in [4.78, 5) is 24.5. The molecular weight excluding hydrogens is 234 g/mol. The number of methoxy groups -OCH3 is 1. The monoisotopic (exact) mass is 245 g/mol. The van der Waals surface area contributed by atoms with Crippen LogP contribution in [0.15, 0.2) is 24.3 Å². The summed E-state index contributed by atoms with van der Waals surface area (Å²) in [6, 6.07) is 7.38. The van der Waals surface area contributed by atoms with Gasteiger partial charge in [0, 0.05) is 5.56 Å². The Morgan fingerprint density at radius 2 is 2.11 bits per heavy atom. The summed E-state index contributed by atoms with van der Waals surface area (Å²) in [7, 11) is 1.53. The number of hydrogen-bond acceptors (Lipinski definition) is 4. The van der Waals surface area contributed by atoms with Crippen LogP contribution in [-0.2, 0) is 0 Å². The van der Waals surface area contributed by atoms with Gasteiger partial charge >= 0.3 is 6.03 Å². The fourth-order valence-corrected chi connectivity index (χ4v) is 1.46. The second-order valence-electron chi connectivity index (χ2n) is 3.79. The van der Waals surface area contributed by atoms with Crippen molar-refractivity contribution in [3.05, 3.63) is 29.8 Å². The van der Waals surface area contributed by atoms with E-state index < -0.39 is 18.0 Å². The van der Waals surface area contributed by atoms with E-state index in [1.165, 1.54) is 12.0 Å². The molecule has 6 heteroatoms. The van der Waals surface area contributed by atoms with Crippen LogP contribution in [0.5, 0.6) is 5.75 Å². The van der Waals surface area contributed by atoms with Crippen molar-refractivity contribution in [2.24, 2.45) is 0 Å². The predicted molar refractivity (Wildman–Crippen MR) is 62.0 cm³/mol. The number of nitrogens with one attached hydrogen (secondary N) is 1. The van der Waals surface area contributed by atoms with Gasteiger partial charge in [-0.05, 0) is 24.3 Å². The normalized spacial score (nSPS) is 16.7. The van der Waals surface area contributed by atoms with Crippen LogP contribution >= 0.6 is 0 Å². The molecule has 1 unspecified atom stereocenters. The van der Waals surface area contributed by atoms with Crippen molar-refractivity contribution in [2.75, 3.05) is 13.7 Å². The zero-order valence-electron chi connectivity index (χ0n) is 9.71. The summed E-state index contributed by atoms with van der Waals surface area (Å²) >= 11 is 0. The maximum absolute atomic E-state index is 11.7. The molecule has 1 aromatic carbocycles. The third-order valence-electron chi connectivity index (χ3n) is 2.59. The van der Waals surface area contributed by atoms with Gasteiger partial charge in [-0.2, -0.15) is 5.26 Å². The lowest BCUT2D eigenvalue weighted by Gasteiger charge is -2.05. The van der Waals surface area contributed by atoms with Crippen molar-refractivity contribution < 1.29 is 14.3 Å². The number of ether oxygens (including phenoxy) is 1. The Bertz CT molecular complexity index is 518. The molecule has 1 atom stereocenters. The van der Waals surface area contributed by atoms with E-state index >= 15 is 0 Å². The average molecular weight is 245 g/mol. The molecule has 1 N–H and O–H groups in total. The number of rotatable bonds is 2. The van der Waals surface area contributed by atoms with Crippen molar-refractivity contribution in [1.29, 1.82) is 5.26 Å². The Morgan fingerprint density at radius 1 is 1.44 bits per heavy atom. The summed E-state index contributed by atoms with van der Waals surface area (Å²) in [6.07, 6.45) is 0. The minimum Gasteiger partial charge on any atom is -0.497 e. The molecule has 6 nitrogen and oxygen atoms in total. The fraction of sp³-hybridized carbons (Fsp3) is 0.250. The van der Waals surface area contributed by atoms with Crippen LogP contribution in [0.4, 0.5) is 4.79 Å². The minimum atomic E-state index is -0.539. The molecule has 1 aromatic rings. The van der Waals surface area contributed by atoms with Gasteiger partial charge in [0.2, 0.25) is 0 Å². The maximum atomic E-state index is 11.7. The van der Waals surface area contributed by atoms with Crippen molar-refractivity contribution in [3.63, 3.8) is 0 Å². The van der Waals surface area contributed by atoms with E-state index in [2.05, 4.69) is 5.32 Å². The van der Waals surface area contributed by atoms with Gasteiger partial charge < -0.3 is 9.64 Å². The molecule has 3 amide bonds. The summed E-state index contributed by atoms with van der Waals surface area (Å²) < 4.78 is 4.96. The van der Waals surface area contributed by atoms with Gasteiger partial charge in [0.05, 0.1) is 19.7 Å². The second-order valence-corrected chi connectivity index (χ2v) is 3.79. The van der Waals surface area contributed by atoms with Crippen LogP contribution in [0.25, 0.3) is 0 Å². The predicted octanol–water partition coefficient (Wildman–Crippen LogP) is 0.753. The smallest absolute Gasteiger partial charge is 0.325 e. The van der Waals surface area contributed by atoms with E-state index in [9.17, 15) is 9.59 Å². The van der Waals surface area contributed by atoms with Crippen LogP contribution in [0.3, 0.4) is 0 Å². The molecule has 0 aliphatic carbocycles. The minimum absolute atomic E-state index is 0.361. The van der Waals surface area contributed by atoms with E-state index in [1.54, 1.807) is 24.3 Å². The van der Waals surface area contributed by atoms with Crippen molar-refractivity contribution >= 4 is 11.9 Å². The molecule has 0 bridgehead atoms. The lowest BCUT2D eigenvalue weighted by molar-refractivity contribution is 0.0960. The van der Waals surface area contributed by atoms with Gasteiger partial charge in [0.1, 0.15) is 11.8 Å². The molecule has 1 fully saturated rings. The van der Waals surface area contributed by atoms with Gasteiger partial charge in [-0.1, -0.05) is 0 Å². The molecule has 2 rings (SSSR count). The number of nitriles is 1. The summed E-state index contributed by atoms with van der Waals surface area (Å²) in [5.41, 5.74) is 0.361. The Morgan fingerprint density at radius 3 is 2.61 bits per heavy atom. The number of hydrogen-bond donors (Lipinski definition) is 1. The first-order valence-electron chi connectivity index (χ1n) is 5.31. The van der Waals surface area contributed by atoms with Crippen LogP contribution in [-0.4, -0.2) is 36.5 Å². The fourth-order valence-electron chi connectivity index (χ4n) is 1.46. The summed E-state index contributed by atoms with van der Waals surface area (Å²) in [5.74, 6) is 0.139. The van der Waals surface area contributed by atoms with Crippen molar-refractivity contribution in [1.82, 2.24) is 10.2 Å². The second kappa shape index (κ2) is 4.75. The van der Waals surface area contributed by atoms with Gasteiger partial charge in [-0.15, -0.1) is 0 Å². The number of carbonyl (C=O) groups excluding carboxylic acids is 2. The lowest BCUT2D eigenvalue weighted by Crippen LogP contribution is -2.34. The number of amides is 3. The molecule has 0 saturated carbocycles. The van der Waals surface area contributed by atoms with E-state index in [-0.39, 0.29) is 0 Å². The molecule has 1 aliphatic rings. The highest BCUT2D eigenvalue weighted by atomic mass is 16.5. The van der Waals surface area contributed by atoms with Crippen LogP contribution in [0.2, 0.25) is 0 Å². The Balaban J connectivity index is 1.95. The number of urea groups is 1. The standard InChI is InChI=1S/C12H11N3O3/c1-18-10-4-2-8(3-5-10)11(16)14-12(17)15-7-9(15)6-13/h2-5,9H,7H2,1H3,(H,14,16,17). The number of carbonyl (C=O) groups is 2. The average Bonchev–Trinajstić information content (AvgIpc) is 3.18. The quantitative estimate of drug-likeness (QED) is 0.779. The number of nitrogens with zero attached hydrogens (tertiary/aromatic N) is 2. The van der Waals surface area contributed by atoms with E-state index in [0.717, 1.165) is 0 Å². The summed E-state index contributed by atoms with van der Waals surface area (Å²) in [5, 5.41) is 10.8. The van der Waals surface area contributed by atoms with E-state index in [1.807, 2.05) is 6.07 Å². The largest absolute Gasteiger partial charge is 0.497 e. The van der Waals surface area contributed by atoms with Crippen LogP contribution in [0, 0.1) is 11.3 Å². The topological polar surface area (TPSA) is 82.2 Å². The maximum Gasteiger partial charge on any atom is 0.325 e. The zero-order chi connectivity index (χ0) is 13.1.